The second-order valence-corrected chi connectivity index (χ2v) is 6.23. The van der Waals surface area contributed by atoms with Gasteiger partial charge in [0.25, 0.3) is 0 Å². The van der Waals surface area contributed by atoms with Gasteiger partial charge in [-0.3, -0.25) is 4.79 Å². The van der Waals surface area contributed by atoms with Gasteiger partial charge in [0.15, 0.2) is 0 Å². The molecule has 1 aliphatic rings. The highest BCUT2D eigenvalue weighted by molar-refractivity contribution is 5.93. The summed E-state index contributed by atoms with van der Waals surface area (Å²) in [6, 6.07) is 5.54. The van der Waals surface area contributed by atoms with Crippen molar-refractivity contribution in [3.05, 3.63) is 29.7 Å². The predicted molar refractivity (Wildman–Crippen MR) is 90.2 cm³/mol. The number of aromatic nitrogens is 1. The lowest BCUT2D eigenvalue weighted by Gasteiger charge is -2.14. The Kier molecular flexibility index (Phi) is 4.32. The third-order valence-corrected chi connectivity index (χ3v) is 4.51. The first kappa shape index (κ1) is 16.5. The largest absolute Gasteiger partial charge is 0.496 e. The monoisotopic (exact) mass is 330 g/mol. The summed E-state index contributed by atoms with van der Waals surface area (Å²) < 4.78 is 16.1. The van der Waals surface area contributed by atoms with E-state index < -0.39 is 0 Å². The standard InChI is InChI=1S/C18H22N2O4/c1-11-17(12(2)24-20-11)14-9-13(5-6-15(14)22-3)19-16(21)10-18(23-4)7-8-18/h5-6,9H,7-8,10H2,1-4H3,(H,19,21). The number of methoxy groups -OCH3 is 2. The van der Waals surface area contributed by atoms with Gasteiger partial charge in [0, 0.05) is 18.4 Å². The molecule has 0 saturated heterocycles. The van der Waals surface area contributed by atoms with Crippen molar-refractivity contribution < 1.29 is 18.8 Å². The SMILES string of the molecule is COc1ccc(NC(=O)CC2(OC)CC2)cc1-c1c(C)noc1C. The Morgan fingerprint density at radius 2 is 2.08 bits per heavy atom. The van der Waals surface area contributed by atoms with Gasteiger partial charge in [-0.15, -0.1) is 0 Å². The first-order chi connectivity index (χ1) is 11.5. The third-order valence-electron chi connectivity index (χ3n) is 4.51. The molecule has 1 N–H and O–H groups in total. The summed E-state index contributed by atoms with van der Waals surface area (Å²) in [5.74, 6) is 1.37. The number of benzene rings is 1. The Balaban J connectivity index is 1.85. The van der Waals surface area contributed by atoms with E-state index in [0.717, 1.165) is 29.7 Å². The van der Waals surface area contributed by atoms with Crippen LogP contribution in [-0.2, 0) is 9.53 Å². The van der Waals surface area contributed by atoms with Crippen LogP contribution >= 0.6 is 0 Å². The third kappa shape index (κ3) is 3.14. The first-order valence-electron chi connectivity index (χ1n) is 7.94. The molecule has 1 aliphatic carbocycles. The van der Waals surface area contributed by atoms with E-state index in [9.17, 15) is 4.79 Å². The van der Waals surface area contributed by atoms with E-state index in [1.54, 1.807) is 14.2 Å². The molecular weight excluding hydrogens is 308 g/mol. The Hall–Kier alpha value is -2.34. The summed E-state index contributed by atoms with van der Waals surface area (Å²) in [5.41, 5.74) is 2.97. The van der Waals surface area contributed by atoms with Crippen LogP contribution in [0.4, 0.5) is 5.69 Å². The maximum atomic E-state index is 12.3. The number of anilines is 1. The van der Waals surface area contributed by atoms with E-state index in [0.29, 0.717) is 23.6 Å². The number of nitrogens with zero attached hydrogens (tertiary/aromatic N) is 1. The van der Waals surface area contributed by atoms with Crippen LogP contribution < -0.4 is 10.1 Å². The van der Waals surface area contributed by atoms with Crippen LogP contribution in [0.1, 0.15) is 30.7 Å². The highest BCUT2D eigenvalue weighted by Crippen LogP contribution is 2.42. The lowest BCUT2D eigenvalue weighted by Crippen LogP contribution is -2.22. The van der Waals surface area contributed by atoms with Crippen LogP contribution in [0.15, 0.2) is 22.7 Å². The quantitative estimate of drug-likeness (QED) is 0.878. The van der Waals surface area contributed by atoms with Gasteiger partial charge >= 0.3 is 0 Å². The molecule has 0 spiro atoms. The molecule has 1 aromatic carbocycles. The summed E-state index contributed by atoms with van der Waals surface area (Å²) in [7, 11) is 3.27. The van der Waals surface area contributed by atoms with Gasteiger partial charge in [-0.1, -0.05) is 5.16 Å². The number of carbonyl (C=O) groups is 1. The molecule has 6 nitrogen and oxygen atoms in total. The van der Waals surface area contributed by atoms with Gasteiger partial charge in [-0.2, -0.15) is 0 Å². The van der Waals surface area contributed by atoms with Crippen molar-refractivity contribution in [3.63, 3.8) is 0 Å². The van der Waals surface area contributed by atoms with Crippen molar-refractivity contribution in [2.45, 2.75) is 38.7 Å². The van der Waals surface area contributed by atoms with Crippen molar-refractivity contribution in [1.29, 1.82) is 0 Å². The van der Waals surface area contributed by atoms with Crippen molar-refractivity contribution in [2.75, 3.05) is 19.5 Å². The fraction of sp³-hybridized carbons (Fsp3) is 0.444. The minimum atomic E-state index is -0.263. The molecule has 0 radical (unpaired) electrons. The number of carbonyl (C=O) groups excluding carboxylic acids is 1. The van der Waals surface area contributed by atoms with E-state index in [4.69, 9.17) is 14.0 Å². The highest BCUT2D eigenvalue weighted by atomic mass is 16.5. The number of hydrogen-bond acceptors (Lipinski definition) is 5. The highest BCUT2D eigenvalue weighted by Gasteiger charge is 2.44. The second-order valence-electron chi connectivity index (χ2n) is 6.23. The summed E-state index contributed by atoms with van der Waals surface area (Å²) in [6.07, 6.45) is 2.24. The zero-order valence-corrected chi connectivity index (χ0v) is 14.4. The predicted octanol–water partition coefficient (Wildman–Crippen LogP) is 3.47. The van der Waals surface area contributed by atoms with E-state index >= 15 is 0 Å². The number of ether oxygens (including phenoxy) is 2. The molecule has 1 fully saturated rings. The Labute approximate surface area is 141 Å². The zero-order chi connectivity index (χ0) is 17.3. The lowest BCUT2D eigenvalue weighted by molar-refractivity contribution is -0.119. The molecule has 1 heterocycles. The van der Waals surface area contributed by atoms with Crippen molar-refractivity contribution in [3.8, 4) is 16.9 Å². The first-order valence-corrected chi connectivity index (χ1v) is 7.94. The molecular formula is C18H22N2O4. The van der Waals surface area contributed by atoms with E-state index in [2.05, 4.69) is 10.5 Å². The fourth-order valence-electron chi connectivity index (χ4n) is 2.94. The maximum Gasteiger partial charge on any atom is 0.227 e. The van der Waals surface area contributed by atoms with E-state index in [1.165, 1.54) is 0 Å². The van der Waals surface area contributed by atoms with Gasteiger partial charge in [-0.05, 0) is 44.9 Å². The Morgan fingerprint density at radius 3 is 2.62 bits per heavy atom. The Bertz CT molecular complexity index is 743. The van der Waals surface area contributed by atoms with Gasteiger partial charge in [0.1, 0.15) is 11.5 Å². The fourth-order valence-corrected chi connectivity index (χ4v) is 2.94. The molecule has 0 atom stereocenters. The van der Waals surface area contributed by atoms with Crippen LogP contribution in [-0.4, -0.2) is 30.9 Å². The molecule has 1 aromatic heterocycles. The summed E-state index contributed by atoms with van der Waals surface area (Å²) in [6.45, 7) is 3.74. The van der Waals surface area contributed by atoms with Crippen LogP contribution in [0.3, 0.4) is 0 Å². The molecule has 128 valence electrons. The molecule has 3 rings (SSSR count). The van der Waals surface area contributed by atoms with Crippen LogP contribution in [0, 0.1) is 13.8 Å². The van der Waals surface area contributed by atoms with Gasteiger partial charge in [-0.25, -0.2) is 0 Å². The second kappa shape index (κ2) is 6.28. The number of hydrogen-bond donors (Lipinski definition) is 1. The summed E-state index contributed by atoms with van der Waals surface area (Å²) >= 11 is 0. The smallest absolute Gasteiger partial charge is 0.227 e. The minimum absolute atomic E-state index is 0.0516. The minimum Gasteiger partial charge on any atom is -0.496 e. The van der Waals surface area contributed by atoms with E-state index in [1.807, 2.05) is 32.0 Å². The van der Waals surface area contributed by atoms with Gasteiger partial charge < -0.3 is 19.3 Å². The normalized spacial score (nSPS) is 15.2. The molecule has 1 amide bonds. The maximum absolute atomic E-state index is 12.3. The van der Waals surface area contributed by atoms with Crippen LogP contribution in [0.2, 0.25) is 0 Å². The number of aryl methyl sites for hydroxylation is 2. The average Bonchev–Trinajstić information content (AvgIpc) is 3.25. The average molecular weight is 330 g/mol. The molecule has 1 saturated carbocycles. The summed E-state index contributed by atoms with van der Waals surface area (Å²) in [5, 5.41) is 6.93. The topological polar surface area (TPSA) is 73.6 Å². The van der Waals surface area contributed by atoms with Crippen molar-refractivity contribution in [1.82, 2.24) is 5.16 Å². The van der Waals surface area contributed by atoms with Crippen LogP contribution in [0.25, 0.3) is 11.1 Å². The van der Waals surface area contributed by atoms with E-state index in [-0.39, 0.29) is 11.5 Å². The summed E-state index contributed by atoms with van der Waals surface area (Å²) in [4.78, 5) is 12.3. The molecule has 0 unspecified atom stereocenters. The van der Waals surface area contributed by atoms with Crippen LogP contribution in [0.5, 0.6) is 5.75 Å². The van der Waals surface area contributed by atoms with Gasteiger partial charge in [0.05, 0.1) is 30.4 Å². The molecule has 2 aromatic rings. The molecule has 0 bridgehead atoms. The van der Waals surface area contributed by atoms with Crippen molar-refractivity contribution in [2.24, 2.45) is 0 Å². The zero-order valence-electron chi connectivity index (χ0n) is 14.4. The number of amides is 1. The molecule has 6 heteroatoms. The molecule has 24 heavy (non-hydrogen) atoms. The van der Waals surface area contributed by atoms with Gasteiger partial charge in [0.2, 0.25) is 5.91 Å². The lowest BCUT2D eigenvalue weighted by atomic mass is 10.0. The number of rotatable bonds is 6. The number of nitrogens with one attached hydrogen (secondary N) is 1. The molecule has 0 aliphatic heterocycles. The van der Waals surface area contributed by atoms with Crippen molar-refractivity contribution >= 4 is 11.6 Å². The Morgan fingerprint density at radius 1 is 1.33 bits per heavy atom.